The minimum Gasteiger partial charge on any atom is -0.485 e. The third-order valence-electron chi connectivity index (χ3n) is 4.70. The van der Waals surface area contributed by atoms with Crippen molar-refractivity contribution in [3.63, 3.8) is 0 Å². The number of halogens is 1. The van der Waals surface area contributed by atoms with Crippen molar-refractivity contribution in [1.29, 1.82) is 0 Å². The van der Waals surface area contributed by atoms with Gasteiger partial charge in [-0.3, -0.25) is 0 Å². The molecule has 148 valence electrons. The summed E-state index contributed by atoms with van der Waals surface area (Å²) in [5, 5.41) is 11.1. The Hall–Kier alpha value is -3.57. The molecule has 0 unspecified atom stereocenters. The molecule has 0 fully saturated rings. The smallest absolute Gasteiger partial charge is 0.283 e. The summed E-state index contributed by atoms with van der Waals surface area (Å²) in [6.07, 6.45) is 0.505. The molecule has 2 aromatic heterocycles. The van der Waals surface area contributed by atoms with E-state index in [0.717, 1.165) is 22.1 Å². The maximum Gasteiger partial charge on any atom is 0.283 e. The van der Waals surface area contributed by atoms with Gasteiger partial charge in [0.2, 0.25) is 5.89 Å². The predicted molar refractivity (Wildman–Crippen MR) is 115 cm³/mol. The molecule has 0 amide bonds. The van der Waals surface area contributed by atoms with E-state index < -0.39 is 0 Å². The molecule has 2 heterocycles. The highest BCUT2D eigenvalue weighted by atomic mass is 35.5. The van der Waals surface area contributed by atoms with Crippen LogP contribution < -0.4 is 4.74 Å². The van der Waals surface area contributed by atoms with Gasteiger partial charge in [-0.1, -0.05) is 60.1 Å². The van der Waals surface area contributed by atoms with Gasteiger partial charge in [-0.15, -0.1) is 10.2 Å². The first-order valence-corrected chi connectivity index (χ1v) is 9.89. The van der Waals surface area contributed by atoms with Crippen LogP contribution in [0.25, 0.3) is 22.4 Å². The maximum absolute atomic E-state index is 6.03. The first kappa shape index (κ1) is 18.5. The Morgan fingerprint density at radius 3 is 2.63 bits per heavy atom. The molecule has 3 aromatic carbocycles. The normalized spacial score (nSPS) is 11.1. The fraction of sp³-hybridized carbons (Fsp3) is 0.0833. The topological polar surface area (TPSA) is 61.3 Å². The fourth-order valence-corrected chi connectivity index (χ4v) is 3.50. The van der Waals surface area contributed by atoms with E-state index in [0.29, 0.717) is 41.4 Å². The number of nitrogens with zero attached hydrogens (tertiary/aromatic N) is 2. The molecule has 5 rings (SSSR count). The van der Waals surface area contributed by atoms with Crippen LogP contribution in [0.2, 0.25) is 5.02 Å². The standard InChI is InChI=1S/C24H17ClN2O3/c25-18-8-3-5-16(13-18)14-23-26-27-24(30-23)22-12-11-19(29-22)15-28-21-10-4-7-17-6-1-2-9-20(17)21/h1-13H,14-15H2. The quantitative estimate of drug-likeness (QED) is 0.324. The Labute approximate surface area is 177 Å². The zero-order valence-corrected chi connectivity index (χ0v) is 16.7. The first-order chi connectivity index (χ1) is 14.7. The Morgan fingerprint density at radius 2 is 1.70 bits per heavy atom. The van der Waals surface area contributed by atoms with Gasteiger partial charge < -0.3 is 13.6 Å². The van der Waals surface area contributed by atoms with Crippen molar-refractivity contribution >= 4 is 22.4 Å². The van der Waals surface area contributed by atoms with Crippen LogP contribution in [0.3, 0.4) is 0 Å². The van der Waals surface area contributed by atoms with E-state index in [2.05, 4.69) is 22.3 Å². The molecule has 0 saturated carbocycles. The third kappa shape index (κ3) is 3.93. The van der Waals surface area contributed by atoms with Gasteiger partial charge in [-0.2, -0.15) is 0 Å². The molecule has 0 bridgehead atoms. The number of fused-ring (bicyclic) bond motifs is 1. The maximum atomic E-state index is 6.03. The number of furan rings is 1. The Balaban J connectivity index is 1.28. The molecule has 30 heavy (non-hydrogen) atoms. The highest BCUT2D eigenvalue weighted by Crippen LogP contribution is 2.27. The number of rotatable bonds is 6. The van der Waals surface area contributed by atoms with Gasteiger partial charge in [0.15, 0.2) is 5.76 Å². The summed E-state index contributed by atoms with van der Waals surface area (Å²) in [6.45, 7) is 0.303. The largest absolute Gasteiger partial charge is 0.485 e. The summed E-state index contributed by atoms with van der Waals surface area (Å²) in [6, 6.07) is 25.3. The second-order valence-corrected chi connectivity index (χ2v) is 7.28. The molecule has 0 N–H and O–H groups in total. The lowest BCUT2D eigenvalue weighted by Crippen LogP contribution is -1.94. The molecule has 0 atom stereocenters. The summed E-state index contributed by atoms with van der Waals surface area (Å²) in [5.74, 6) is 2.83. The highest BCUT2D eigenvalue weighted by molar-refractivity contribution is 6.30. The molecular weight excluding hydrogens is 400 g/mol. The minimum atomic E-state index is 0.303. The summed E-state index contributed by atoms with van der Waals surface area (Å²) in [5.41, 5.74) is 1.00. The van der Waals surface area contributed by atoms with Crippen molar-refractivity contribution in [2.24, 2.45) is 0 Å². The van der Waals surface area contributed by atoms with Crippen molar-refractivity contribution in [2.75, 3.05) is 0 Å². The lowest BCUT2D eigenvalue weighted by molar-refractivity contribution is 0.274. The first-order valence-electron chi connectivity index (χ1n) is 9.51. The van der Waals surface area contributed by atoms with Gasteiger partial charge in [0.05, 0.1) is 6.42 Å². The number of benzene rings is 3. The van der Waals surface area contributed by atoms with Gasteiger partial charge in [0, 0.05) is 10.4 Å². The molecule has 5 nitrogen and oxygen atoms in total. The monoisotopic (exact) mass is 416 g/mol. The van der Waals surface area contributed by atoms with Crippen molar-refractivity contribution in [2.45, 2.75) is 13.0 Å². The van der Waals surface area contributed by atoms with E-state index in [9.17, 15) is 0 Å². The molecule has 6 heteroatoms. The number of hydrogen-bond acceptors (Lipinski definition) is 5. The van der Waals surface area contributed by atoms with E-state index in [4.69, 9.17) is 25.2 Å². The average molecular weight is 417 g/mol. The van der Waals surface area contributed by atoms with Crippen molar-refractivity contribution in [3.8, 4) is 17.4 Å². The minimum absolute atomic E-state index is 0.303. The Bertz CT molecular complexity index is 1300. The van der Waals surface area contributed by atoms with E-state index in [1.54, 1.807) is 6.07 Å². The molecular formula is C24H17ClN2O3. The van der Waals surface area contributed by atoms with Crippen LogP contribution in [-0.4, -0.2) is 10.2 Å². The molecule has 0 spiro atoms. The second kappa shape index (κ2) is 8.05. The van der Waals surface area contributed by atoms with Gasteiger partial charge in [0.25, 0.3) is 5.89 Å². The molecule has 5 aromatic rings. The molecule has 0 radical (unpaired) electrons. The lowest BCUT2D eigenvalue weighted by Gasteiger charge is -2.07. The van der Waals surface area contributed by atoms with Crippen LogP contribution in [0.4, 0.5) is 0 Å². The zero-order chi connectivity index (χ0) is 20.3. The van der Waals surface area contributed by atoms with E-state index >= 15 is 0 Å². The van der Waals surface area contributed by atoms with E-state index in [1.165, 1.54) is 0 Å². The number of aromatic nitrogens is 2. The molecule has 0 aliphatic heterocycles. The Morgan fingerprint density at radius 1 is 0.833 bits per heavy atom. The van der Waals surface area contributed by atoms with Gasteiger partial charge >= 0.3 is 0 Å². The molecule has 0 aliphatic carbocycles. The average Bonchev–Trinajstić information content (AvgIpc) is 3.42. The van der Waals surface area contributed by atoms with Crippen molar-refractivity contribution in [3.05, 3.63) is 101 Å². The van der Waals surface area contributed by atoms with E-state index in [-0.39, 0.29) is 0 Å². The highest BCUT2D eigenvalue weighted by Gasteiger charge is 2.14. The van der Waals surface area contributed by atoms with Crippen LogP contribution in [0, 0.1) is 0 Å². The Kier molecular flexibility index (Phi) is 4.95. The fourth-order valence-electron chi connectivity index (χ4n) is 3.29. The lowest BCUT2D eigenvalue weighted by atomic mass is 10.1. The van der Waals surface area contributed by atoms with Crippen molar-refractivity contribution < 1.29 is 13.6 Å². The van der Waals surface area contributed by atoms with E-state index in [1.807, 2.05) is 60.7 Å². The van der Waals surface area contributed by atoms with Crippen LogP contribution in [-0.2, 0) is 13.0 Å². The molecule has 0 aliphatic rings. The van der Waals surface area contributed by atoms with Crippen LogP contribution in [0.15, 0.2) is 87.7 Å². The molecule has 0 saturated heterocycles. The summed E-state index contributed by atoms with van der Waals surface area (Å²) < 4.78 is 17.6. The van der Waals surface area contributed by atoms with Gasteiger partial charge in [-0.05, 0) is 41.3 Å². The van der Waals surface area contributed by atoms with Gasteiger partial charge in [0.1, 0.15) is 18.1 Å². The van der Waals surface area contributed by atoms with Crippen LogP contribution >= 0.6 is 11.6 Å². The second-order valence-electron chi connectivity index (χ2n) is 6.84. The zero-order valence-electron chi connectivity index (χ0n) is 15.9. The predicted octanol–water partition coefficient (Wildman–Crippen LogP) is 6.31. The third-order valence-corrected chi connectivity index (χ3v) is 4.94. The summed E-state index contributed by atoms with van der Waals surface area (Å²) in [4.78, 5) is 0. The van der Waals surface area contributed by atoms with Gasteiger partial charge in [-0.25, -0.2) is 0 Å². The number of ether oxygens (including phenoxy) is 1. The SMILES string of the molecule is Clc1cccc(Cc2nnc(-c3ccc(COc4cccc5ccccc45)o3)o2)c1. The van der Waals surface area contributed by atoms with Crippen LogP contribution in [0.1, 0.15) is 17.2 Å². The van der Waals surface area contributed by atoms with Crippen LogP contribution in [0.5, 0.6) is 5.75 Å². The number of hydrogen-bond donors (Lipinski definition) is 0. The summed E-state index contributed by atoms with van der Waals surface area (Å²) >= 11 is 6.03. The van der Waals surface area contributed by atoms with Crippen molar-refractivity contribution in [1.82, 2.24) is 10.2 Å². The summed E-state index contributed by atoms with van der Waals surface area (Å²) in [7, 11) is 0.